The third kappa shape index (κ3) is 3.90. The van der Waals surface area contributed by atoms with E-state index in [1.165, 1.54) is 22.3 Å². The van der Waals surface area contributed by atoms with Crippen molar-refractivity contribution in [2.24, 2.45) is 5.92 Å². The molecular formula is C25H35ClO. The van der Waals surface area contributed by atoms with Gasteiger partial charge in [0.2, 0.25) is 0 Å². The molecular weight excluding hydrogens is 352 g/mol. The van der Waals surface area contributed by atoms with Crippen LogP contribution in [0.4, 0.5) is 0 Å². The molecule has 0 aliphatic heterocycles. The molecule has 0 bridgehead atoms. The van der Waals surface area contributed by atoms with Crippen molar-refractivity contribution in [1.82, 2.24) is 0 Å². The highest BCUT2D eigenvalue weighted by molar-refractivity contribution is 6.30. The molecule has 2 heteroatoms. The van der Waals surface area contributed by atoms with E-state index >= 15 is 0 Å². The van der Waals surface area contributed by atoms with Crippen molar-refractivity contribution in [2.45, 2.75) is 73.1 Å². The maximum atomic E-state index is 6.60. The van der Waals surface area contributed by atoms with Crippen LogP contribution in [0, 0.1) is 5.92 Å². The van der Waals surface area contributed by atoms with Gasteiger partial charge in [0.05, 0.1) is 0 Å². The fourth-order valence-electron chi connectivity index (χ4n) is 4.37. The lowest BCUT2D eigenvalue weighted by Crippen LogP contribution is -2.25. The number of benzene rings is 1. The quantitative estimate of drug-likeness (QED) is 0.469. The van der Waals surface area contributed by atoms with Gasteiger partial charge in [0.25, 0.3) is 0 Å². The molecule has 0 heterocycles. The third-order valence-corrected chi connectivity index (χ3v) is 6.38. The highest BCUT2D eigenvalue weighted by atomic mass is 35.5. The summed E-state index contributed by atoms with van der Waals surface area (Å²) in [7, 11) is 0. The Morgan fingerprint density at radius 1 is 1.04 bits per heavy atom. The number of hydrogen-bond donors (Lipinski definition) is 0. The fraction of sp³-hybridized carbons (Fsp3) is 0.520. The third-order valence-electron chi connectivity index (χ3n) is 6.17. The highest BCUT2D eigenvalue weighted by Crippen LogP contribution is 2.50. The minimum Gasteiger partial charge on any atom is -0.489 e. The topological polar surface area (TPSA) is 9.23 Å². The van der Waals surface area contributed by atoms with Crippen molar-refractivity contribution in [3.8, 4) is 5.75 Å². The zero-order chi connectivity index (χ0) is 20.7. The molecule has 1 aliphatic carbocycles. The highest BCUT2D eigenvalue weighted by Gasteiger charge is 2.38. The second-order valence-electron chi connectivity index (χ2n) is 9.39. The van der Waals surface area contributed by atoms with E-state index in [1.54, 1.807) is 6.08 Å². The van der Waals surface area contributed by atoms with Crippen molar-refractivity contribution >= 4 is 11.6 Å². The van der Waals surface area contributed by atoms with Crippen LogP contribution in [0.25, 0.3) is 0 Å². The lowest BCUT2D eigenvalue weighted by atomic mass is 9.72. The maximum Gasteiger partial charge on any atom is 0.127 e. The average molecular weight is 387 g/mol. The van der Waals surface area contributed by atoms with Gasteiger partial charge in [-0.15, -0.1) is 0 Å². The van der Waals surface area contributed by atoms with E-state index in [4.69, 9.17) is 16.3 Å². The van der Waals surface area contributed by atoms with Gasteiger partial charge in [0.1, 0.15) is 12.4 Å². The summed E-state index contributed by atoms with van der Waals surface area (Å²) >= 11 is 6.60. The number of rotatable bonds is 5. The van der Waals surface area contributed by atoms with E-state index in [0.29, 0.717) is 12.5 Å². The molecule has 0 fully saturated rings. The van der Waals surface area contributed by atoms with Crippen molar-refractivity contribution in [2.75, 3.05) is 6.61 Å². The summed E-state index contributed by atoms with van der Waals surface area (Å²) in [5.41, 5.74) is 7.74. The van der Waals surface area contributed by atoms with Crippen LogP contribution in [0.1, 0.15) is 73.4 Å². The van der Waals surface area contributed by atoms with E-state index in [1.807, 2.05) is 6.07 Å². The predicted molar refractivity (Wildman–Crippen MR) is 119 cm³/mol. The van der Waals surface area contributed by atoms with Crippen LogP contribution in [0.15, 0.2) is 47.1 Å². The number of allylic oxidation sites excluding steroid dienone is 4. The van der Waals surface area contributed by atoms with Crippen molar-refractivity contribution in [3.63, 3.8) is 0 Å². The normalized spacial score (nSPS) is 18.4. The largest absolute Gasteiger partial charge is 0.489 e. The Labute approximate surface area is 171 Å². The van der Waals surface area contributed by atoms with E-state index < -0.39 is 0 Å². The van der Waals surface area contributed by atoms with Gasteiger partial charge in [-0.1, -0.05) is 76.9 Å². The fourth-order valence-corrected chi connectivity index (χ4v) is 4.59. The van der Waals surface area contributed by atoms with E-state index in [9.17, 15) is 0 Å². The van der Waals surface area contributed by atoms with Crippen LogP contribution in [0.5, 0.6) is 5.75 Å². The Balaban J connectivity index is 2.80. The summed E-state index contributed by atoms with van der Waals surface area (Å²) in [6.45, 7) is 24.6. The molecule has 1 atom stereocenters. The molecule has 0 amide bonds. The average Bonchev–Trinajstić information content (AvgIpc) is 2.75. The zero-order valence-corrected chi connectivity index (χ0v) is 19.3. The SMILES string of the molecule is C=CCOc1c(C(C)(C)C)cc(Cl)cc1C(C)(C)C1=C(C)C(C)C(C)=C1C. The maximum absolute atomic E-state index is 6.60. The first kappa shape index (κ1) is 21.8. The molecule has 0 saturated carbocycles. The Bertz CT molecular complexity index is 815. The standard InChI is InChI=1S/C25H35ClO/c1-11-12-27-23-20(24(6,7)8)13-19(26)14-21(23)25(9,10)22-17(4)15(2)16(3)18(22)5/h11,13-15H,1,12H2,2-10H3. The molecule has 0 spiro atoms. The van der Waals surface area contributed by atoms with Gasteiger partial charge in [-0.2, -0.15) is 0 Å². The van der Waals surface area contributed by atoms with Crippen LogP contribution < -0.4 is 4.74 Å². The Morgan fingerprint density at radius 2 is 1.59 bits per heavy atom. The molecule has 0 saturated heterocycles. The summed E-state index contributed by atoms with van der Waals surface area (Å²) in [6, 6.07) is 4.13. The monoisotopic (exact) mass is 386 g/mol. The Morgan fingerprint density at radius 3 is 2.04 bits per heavy atom. The van der Waals surface area contributed by atoms with Crippen molar-refractivity contribution < 1.29 is 4.74 Å². The Kier molecular flexibility index (Phi) is 6.07. The smallest absolute Gasteiger partial charge is 0.127 e. The van der Waals surface area contributed by atoms with Gasteiger partial charge in [0.15, 0.2) is 0 Å². The lowest BCUT2D eigenvalue weighted by Gasteiger charge is -2.34. The molecule has 1 unspecified atom stereocenters. The molecule has 1 aliphatic rings. The molecule has 1 nitrogen and oxygen atoms in total. The van der Waals surface area contributed by atoms with Gasteiger partial charge in [-0.25, -0.2) is 0 Å². The number of ether oxygens (including phenoxy) is 1. The Hall–Kier alpha value is -1.47. The van der Waals surface area contributed by atoms with Gasteiger partial charge in [-0.05, 0) is 55.4 Å². The van der Waals surface area contributed by atoms with Gasteiger partial charge in [0, 0.05) is 21.6 Å². The summed E-state index contributed by atoms with van der Waals surface area (Å²) in [5, 5.41) is 0.761. The second-order valence-corrected chi connectivity index (χ2v) is 9.83. The van der Waals surface area contributed by atoms with Gasteiger partial charge < -0.3 is 4.74 Å². The van der Waals surface area contributed by atoms with Crippen LogP contribution in [0.2, 0.25) is 5.02 Å². The molecule has 0 aromatic heterocycles. The first-order chi connectivity index (χ1) is 12.3. The molecule has 148 valence electrons. The van der Waals surface area contributed by atoms with Crippen LogP contribution in [-0.4, -0.2) is 6.61 Å². The number of hydrogen-bond acceptors (Lipinski definition) is 1. The van der Waals surface area contributed by atoms with Crippen LogP contribution in [-0.2, 0) is 10.8 Å². The number of halogens is 1. The zero-order valence-electron chi connectivity index (χ0n) is 18.5. The van der Waals surface area contributed by atoms with Crippen LogP contribution in [0.3, 0.4) is 0 Å². The van der Waals surface area contributed by atoms with Crippen molar-refractivity contribution in [1.29, 1.82) is 0 Å². The van der Waals surface area contributed by atoms with E-state index in [-0.39, 0.29) is 10.8 Å². The molecule has 0 N–H and O–H groups in total. The minimum atomic E-state index is -0.207. The minimum absolute atomic E-state index is 0.0700. The predicted octanol–water partition coefficient (Wildman–Crippen LogP) is 7.78. The van der Waals surface area contributed by atoms with Gasteiger partial charge in [-0.3, -0.25) is 0 Å². The van der Waals surface area contributed by atoms with E-state index in [2.05, 4.69) is 75.0 Å². The second kappa shape index (κ2) is 7.51. The molecule has 1 aromatic rings. The summed E-state index contributed by atoms with van der Waals surface area (Å²) in [5.74, 6) is 1.43. The van der Waals surface area contributed by atoms with Crippen molar-refractivity contribution in [3.05, 3.63) is 63.2 Å². The summed E-state index contributed by atoms with van der Waals surface area (Å²) in [4.78, 5) is 0. The van der Waals surface area contributed by atoms with E-state index in [0.717, 1.165) is 21.9 Å². The first-order valence-corrected chi connectivity index (χ1v) is 10.2. The van der Waals surface area contributed by atoms with Gasteiger partial charge >= 0.3 is 0 Å². The molecule has 2 rings (SSSR count). The molecule has 1 aromatic carbocycles. The molecule has 0 radical (unpaired) electrons. The van der Waals surface area contributed by atoms with Crippen LogP contribution >= 0.6 is 11.6 Å². The first-order valence-electron chi connectivity index (χ1n) is 9.81. The summed E-state index contributed by atoms with van der Waals surface area (Å²) < 4.78 is 6.25. The summed E-state index contributed by atoms with van der Waals surface area (Å²) in [6.07, 6.45) is 1.80. The molecule has 27 heavy (non-hydrogen) atoms. The lowest BCUT2D eigenvalue weighted by molar-refractivity contribution is 0.341.